The van der Waals surface area contributed by atoms with Gasteiger partial charge in [-0.15, -0.1) is 0 Å². The quantitative estimate of drug-likeness (QED) is 0.299. The molecule has 10 heteroatoms. The number of nitro groups is 1. The minimum absolute atomic E-state index is 0.0505. The first-order valence-electron chi connectivity index (χ1n) is 8.45. The maximum absolute atomic E-state index is 10.6. The van der Waals surface area contributed by atoms with E-state index in [-0.39, 0.29) is 5.69 Å². The fourth-order valence-corrected chi connectivity index (χ4v) is 2.68. The van der Waals surface area contributed by atoms with E-state index in [2.05, 4.69) is 25.6 Å². The van der Waals surface area contributed by atoms with E-state index in [1.807, 2.05) is 24.3 Å². The average molecular weight is 400 g/mol. The fraction of sp³-hybridized carbons (Fsp3) is 0.167. The maximum Gasteiger partial charge on any atom is 0.287 e. The molecule has 0 aliphatic rings. The van der Waals surface area contributed by atoms with Crippen molar-refractivity contribution in [1.29, 1.82) is 0 Å². The maximum atomic E-state index is 10.6. The Kier molecular flexibility index (Phi) is 6.18. The highest BCUT2D eigenvalue weighted by Gasteiger charge is 2.07. The van der Waals surface area contributed by atoms with Gasteiger partial charge in [0.25, 0.3) is 5.69 Å². The number of hydrogen-bond donors (Lipinski definition) is 3. The van der Waals surface area contributed by atoms with Gasteiger partial charge in [0, 0.05) is 42.4 Å². The molecule has 0 spiro atoms. The van der Waals surface area contributed by atoms with Crippen LogP contribution in [0.3, 0.4) is 0 Å². The number of hydrogen-bond acceptors (Lipinski definition) is 8. The lowest BCUT2D eigenvalue weighted by Crippen LogP contribution is -2.16. The number of halogens is 1. The number of nitrogens with two attached hydrogens (primary N) is 1. The van der Waals surface area contributed by atoms with E-state index in [1.165, 1.54) is 12.3 Å². The smallest absolute Gasteiger partial charge is 0.287 e. The Morgan fingerprint density at radius 3 is 2.61 bits per heavy atom. The number of benzene rings is 1. The molecular formula is C18H18ClN7O2. The van der Waals surface area contributed by atoms with E-state index in [9.17, 15) is 10.1 Å². The number of nitrogens with one attached hydrogen (secondary N) is 2. The topological polar surface area (TPSA) is 132 Å². The van der Waals surface area contributed by atoms with Gasteiger partial charge in [-0.3, -0.25) is 10.1 Å². The van der Waals surface area contributed by atoms with Crippen LogP contribution in [0.1, 0.15) is 11.1 Å². The number of nitrogens with zero attached hydrogens (tertiary/aromatic N) is 4. The molecule has 4 N–H and O–H groups in total. The normalized spacial score (nSPS) is 10.5. The highest BCUT2D eigenvalue weighted by Crippen LogP contribution is 2.18. The molecule has 0 aliphatic heterocycles. The van der Waals surface area contributed by atoms with Crippen molar-refractivity contribution in [2.45, 2.75) is 6.42 Å². The van der Waals surface area contributed by atoms with Crippen LogP contribution in [0.25, 0.3) is 0 Å². The standard InChI is InChI=1S/C18H18ClN7O2/c19-14-3-1-2-12(9-14)8-13-10-24-18(25-17(13)20)22-7-6-21-16-5-4-15(11-23-16)26(27)28/h1-5,9-11H,6-8H2,(H,21,23)(H3,20,22,24,25). The zero-order valence-electron chi connectivity index (χ0n) is 14.8. The molecule has 0 saturated carbocycles. The predicted octanol–water partition coefficient (Wildman–Crippen LogP) is 3.13. The Labute approximate surface area is 166 Å². The summed E-state index contributed by atoms with van der Waals surface area (Å²) < 4.78 is 0. The Bertz CT molecular complexity index is 966. The molecule has 144 valence electrons. The summed E-state index contributed by atoms with van der Waals surface area (Å²) in [5.74, 6) is 1.37. The van der Waals surface area contributed by atoms with Gasteiger partial charge in [-0.1, -0.05) is 23.7 Å². The molecule has 3 aromatic rings. The van der Waals surface area contributed by atoms with Crippen LogP contribution in [0.2, 0.25) is 5.02 Å². The van der Waals surface area contributed by atoms with Gasteiger partial charge in [-0.25, -0.2) is 9.97 Å². The zero-order valence-corrected chi connectivity index (χ0v) is 15.6. The van der Waals surface area contributed by atoms with Crippen LogP contribution in [0.4, 0.5) is 23.3 Å². The molecule has 0 fully saturated rings. The Morgan fingerprint density at radius 1 is 1.11 bits per heavy atom. The summed E-state index contributed by atoms with van der Waals surface area (Å²) in [6, 6.07) is 10.5. The third-order valence-electron chi connectivity index (χ3n) is 3.85. The fourth-order valence-electron chi connectivity index (χ4n) is 2.47. The Balaban J connectivity index is 1.49. The second-order valence-corrected chi connectivity index (χ2v) is 6.36. The molecule has 0 saturated heterocycles. The molecule has 2 aromatic heterocycles. The van der Waals surface area contributed by atoms with Gasteiger partial charge in [-0.05, 0) is 23.8 Å². The third-order valence-corrected chi connectivity index (χ3v) is 4.09. The summed E-state index contributed by atoms with van der Waals surface area (Å²) in [7, 11) is 0. The predicted molar refractivity (Wildman–Crippen MR) is 109 cm³/mol. The molecule has 0 atom stereocenters. The van der Waals surface area contributed by atoms with Gasteiger partial charge in [0.2, 0.25) is 5.95 Å². The van der Waals surface area contributed by atoms with Gasteiger partial charge in [0.1, 0.15) is 17.8 Å². The first-order chi connectivity index (χ1) is 13.5. The number of rotatable bonds is 8. The van der Waals surface area contributed by atoms with Crippen molar-refractivity contribution in [3.8, 4) is 0 Å². The van der Waals surface area contributed by atoms with Crippen molar-refractivity contribution in [3.05, 3.63) is 75.1 Å². The van der Waals surface area contributed by atoms with Gasteiger partial charge in [0.15, 0.2) is 0 Å². The number of pyridine rings is 1. The van der Waals surface area contributed by atoms with Crippen molar-refractivity contribution >= 4 is 34.9 Å². The van der Waals surface area contributed by atoms with Crippen LogP contribution in [0, 0.1) is 10.1 Å². The number of aromatic nitrogens is 3. The third kappa shape index (κ3) is 5.27. The Hall–Kier alpha value is -3.46. The van der Waals surface area contributed by atoms with Crippen LogP contribution in [-0.2, 0) is 6.42 Å². The van der Waals surface area contributed by atoms with E-state index in [1.54, 1.807) is 12.3 Å². The average Bonchev–Trinajstić information content (AvgIpc) is 2.68. The molecule has 0 radical (unpaired) electrons. The van der Waals surface area contributed by atoms with E-state index in [4.69, 9.17) is 17.3 Å². The first-order valence-corrected chi connectivity index (χ1v) is 8.83. The van der Waals surface area contributed by atoms with Crippen LogP contribution >= 0.6 is 11.6 Å². The molecule has 0 unspecified atom stereocenters. The largest absolute Gasteiger partial charge is 0.383 e. The lowest BCUT2D eigenvalue weighted by molar-refractivity contribution is -0.385. The summed E-state index contributed by atoms with van der Waals surface area (Å²) >= 11 is 6.00. The summed E-state index contributed by atoms with van der Waals surface area (Å²) in [4.78, 5) is 22.6. The summed E-state index contributed by atoms with van der Waals surface area (Å²) in [5.41, 5.74) is 7.84. The van der Waals surface area contributed by atoms with E-state index >= 15 is 0 Å². The van der Waals surface area contributed by atoms with E-state index < -0.39 is 4.92 Å². The Morgan fingerprint density at radius 2 is 1.93 bits per heavy atom. The van der Waals surface area contributed by atoms with Crippen molar-refractivity contribution in [2.24, 2.45) is 0 Å². The van der Waals surface area contributed by atoms with Crippen molar-refractivity contribution in [3.63, 3.8) is 0 Å². The molecular weight excluding hydrogens is 382 g/mol. The van der Waals surface area contributed by atoms with Gasteiger partial charge < -0.3 is 16.4 Å². The molecule has 3 rings (SSSR count). The second-order valence-electron chi connectivity index (χ2n) is 5.92. The molecule has 9 nitrogen and oxygen atoms in total. The first kappa shape index (κ1) is 19.3. The van der Waals surface area contributed by atoms with Gasteiger partial charge >= 0.3 is 0 Å². The van der Waals surface area contributed by atoms with Crippen molar-refractivity contribution < 1.29 is 4.92 Å². The van der Waals surface area contributed by atoms with E-state index in [0.29, 0.717) is 42.1 Å². The van der Waals surface area contributed by atoms with E-state index in [0.717, 1.165) is 11.1 Å². The lowest BCUT2D eigenvalue weighted by atomic mass is 10.1. The van der Waals surface area contributed by atoms with Crippen LogP contribution < -0.4 is 16.4 Å². The van der Waals surface area contributed by atoms with Crippen LogP contribution in [0.5, 0.6) is 0 Å². The van der Waals surface area contributed by atoms with Crippen LogP contribution in [0.15, 0.2) is 48.8 Å². The summed E-state index contributed by atoms with van der Waals surface area (Å²) in [5, 5.41) is 17.4. The second kappa shape index (κ2) is 8.96. The monoisotopic (exact) mass is 399 g/mol. The minimum atomic E-state index is -0.490. The van der Waals surface area contributed by atoms with Crippen LogP contribution in [-0.4, -0.2) is 33.0 Å². The lowest BCUT2D eigenvalue weighted by Gasteiger charge is -2.09. The number of nitrogen functional groups attached to an aromatic ring is 1. The molecule has 2 heterocycles. The number of anilines is 3. The van der Waals surface area contributed by atoms with Crippen molar-refractivity contribution in [2.75, 3.05) is 29.5 Å². The molecule has 0 amide bonds. The highest BCUT2D eigenvalue weighted by atomic mass is 35.5. The summed E-state index contributed by atoms with van der Waals surface area (Å²) in [6.45, 7) is 1.05. The molecule has 28 heavy (non-hydrogen) atoms. The SMILES string of the molecule is Nc1nc(NCCNc2ccc([N+](=O)[O-])cn2)ncc1Cc1cccc(Cl)c1. The summed E-state index contributed by atoms with van der Waals surface area (Å²) in [6.07, 6.45) is 3.50. The molecule has 1 aromatic carbocycles. The zero-order chi connectivity index (χ0) is 19.9. The minimum Gasteiger partial charge on any atom is -0.383 e. The van der Waals surface area contributed by atoms with Gasteiger partial charge in [-0.2, -0.15) is 4.98 Å². The molecule has 0 aliphatic carbocycles. The highest BCUT2D eigenvalue weighted by molar-refractivity contribution is 6.30. The van der Waals surface area contributed by atoms with Crippen molar-refractivity contribution in [1.82, 2.24) is 15.0 Å². The molecule has 0 bridgehead atoms. The van der Waals surface area contributed by atoms with Gasteiger partial charge in [0.05, 0.1) is 4.92 Å².